The normalized spacial score (nSPS) is 31.5. The van der Waals surface area contributed by atoms with E-state index in [9.17, 15) is 5.11 Å². The predicted octanol–water partition coefficient (Wildman–Crippen LogP) is 4.00. The second kappa shape index (κ2) is 5.44. The number of hydrogen-bond donors (Lipinski definition) is 1. The van der Waals surface area contributed by atoms with Gasteiger partial charge in [0.25, 0.3) is 0 Å². The second-order valence-corrected chi connectivity index (χ2v) is 6.64. The Morgan fingerprint density at radius 2 is 1.82 bits per heavy atom. The van der Waals surface area contributed by atoms with E-state index in [-0.39, 0.29) is 5.92 Å². The summed E-state index contributed by atoms with van der Waals surface area (Å²) in [6, 6.07) is 0. The van der Waals surface area contributed by atoms with Crippen LogP contribution < -0.4 is 0 Å². The van der Waals surface area contributed by atoms with Crippen molar-refractivity contribution in [1.82, 2.24) is 0 Å². The van der Waals surface area contributed by atoms with Crippen molar-refractivity contribution >= 4 is 0 Å². The molecular formula is C16H28O. The summed E-state index contributed by atoms with van der Waals surface area (Å²) in [4.78, 5) is 0. The van der Waals surface area contributed by atoms with Gasteiger partial charge in [0.2, 0.25) is 0 Å². The van der Waals surface area contributed by atoms with Crippen LogP contribution in [0.1, 0.15) is 66.7 Å². The third kappa shape index (κ3) is 3.75. The number of aliphatic hydroxyl groups is 1. The van der Waals surface area contributed by atoms with Crippen LogP contribution in [0.4, 0.5) is 0 Å². The van der Waals surface area contributed by atoms with Crippen molar-refractivity contribution in [2.24, 2.45) is 17.3 Å². The molecule has 1 aliphatic rings. The van der Waals surface area contributed by atoms with E-state index >= 15 is 0 Å². The smallest absolute Gasteiger partial charge is 0.0782 e. The Hall–Kier alpha value is -0.480. The van der Waals surface area contributed by atoms with Gasteiger partial charge >= 0.3 is 0 Å². The first-order valence-electron chi connectivity index (χ1n) is 7.00. The van der Waals surface area contributed by atoms with Gasteiger partial charge < -0.3 is 5.11 Å². The minimum atomic E-state index is -0.538. The molecule has 0 aromatic carbocycles. The highest BCUT2D eigenvalue weighted by Crippen LogP contribution is 2.43. The summed E-state index contributed by atoms with van der Waals surface area (Å²) >= 11 is 0. The minimum Gasteiger partial charge on any atom is -0.389 e. The largest absolute Gasteiger partial charge is 0.389 e. The van der Waals surface area contributed by atoms with Crippen molar-refractivity contribution in [1.29, 1.82) is 0 Å². The van der Waals surface area contributed by atoms with Gasteiger partial charge in [0, 0.05) is 12.3 Å². The molecule has 98 valence electrons. The van der Waals surface area contributed by atoms with E-state index in [0.717, 1.165) is 38.0 Å². The standard InChI is InChI=1S/C16H28O/c1-6-7-8-13(2)16(17)11-9-14(10-12-16)15(3,4)5/h13-14,17H,6,9-12H2,1-5H3. The second-order valence-electron chi connectivity index (χ2n) is 6.64. The molecule has 1 fully saturated rings. The summed E-state index contributed by atoms with van der Waals surface area (Å²) < 4.78 is 0. The molecule has 0 radical (unpaired) electrons. The zero-order chi connectivity index (χ0) is 13.1. The molecule has 0 aliphatic heterocycles. The lowest BCUT2D eigenvalue weighted by atomic mass is 9.66. The third-order valence-electron chi connectivity index (χ3n) is 4.38. The van der Waals surface area contributed by atoms with Gasteiger partial charge in [-0.3, -0.25) is 0 Å². The van der Waals surface area contributed by atoms with E-state index < -0.39 is 5.60 Å². The molecule has 1 saturated carbocycles. The third-order valence-corrected chi connectivity index (χ3v) is 4.38. The first kappa shape index (κ1) is 14.6. The Morgan fingerprint density at radius 3 is 2.24 bits per heavy atom. The Labute approximate surface area is 107 Å². The Morgan fingerprint density at radius 1 is 1.29 bits per heavy atom. The van der Waals surface area contributed by atoms with Crippen LogP contribution in [0.3, 0.4) is 0 Å². The summed E-state index contributed by atoms with van der Waals surface area (Å²) in [6.45, 7) is 11.0. The number of hydrogen-bond acceptors (Lipinski definition) is 1. The predicted molar refractivity (Wildman–Crippen MR) is 73.6 cm³/mol. The van der Waals surface area contributed by atoms with Crippen molar-refractivity contribution < 1.29 is 5.11 Å². The molecule has 1 N–H and O–H groups in total. The van der Waals surface area contributed by atoms with Gasteiger partial charge in [-0.25, -0.2) is 0 Å². The maximum atomic E-state index is 10.6. The molecular weight excluding hydrogens is 208 g/mol. The van der Waals surface area contributed by atoms with Gasteiger partial charge in [-0.1, -0.05) is 33.6 Å². The molecule has 1 heteroatoms. The lowest BCUT2D eigenvalue weighted by molar-refractivity contribution is -0.0488. The molecule has 1 aliphatic carbocycles. The van der Waals surface area contributed by atoms with Crippen molar-refractivity contribution in [2.45, 2.75) is 72.3 Å². The topological polar surface area (TPSA) is 20.2 Å². The lowest BCUT2D eigenvalue weighted by Gasteiger charge is -2.42. The van der Waals surface area contributed by atoms with Crippen LogP contribution in [0.15, 0.2) is 0 Å². The molecule has 0 bridgehead atoms. The molecule has 1 atom stereocenters. The summed E-state index contributed by atoms with van der Waals surface area (Å²) in [5.74, 6) is 7.16. The Bertz CT molecular complexity index is 292. The maximum absolute atomic E-state index is 10.6. The molecule has 0 amide bonds. The molecule has 0 heterocycles. The average Bonchev–Trinajstić information content (AvgIpc) is 2.25. The molecule has 0 saturated heterocycles. The fourth-order valence-electron chi connectivity index (χ4n) is 2.81. The quantitative estimate of drug-likeness (QED) is 0.682. The maximum Gasteiger partial charge on any atom is 0.0782 e. The van der Waals surface area contributed by atoms with Gasteiger partial charge in [0.05, 0.1) is 5.60 Å². The lowest BCUT2D eigenvalue weighted by Crippen LogP contribution is -2.42. The fourth-order valence-corrected chi connectivity index (χ4v) is 2.81. The van der Waals surface area contributed by atoms with Crippen molar-refractivity contribution in [3.05, 3.63) is 0 Å². The minimum absolute atomic E-state index is 0.114. The highest BCUT2D eigenvalue weighted by atomic mass is 16.3. The summed E-state index contributed by atoms with van der Waals surface area (Å²) in [6.07, 6.45) is 4.98. The Kier molecular flexibility index (Phi) is 4.67. The summed E-state index contributed by atoms with van der Waals surface area (Å²) in [5.41, 5.74) is -0.163. The first-order chi connectivity index (χ1) is 7.79. The van der Waals surface area contributed by atoms with Crippen LogP contribution in [0.25, 0.3) is 0 Å². The number of rotatable bonds is 1. The fraction of sp³-hybridized carbons (Fsp3) is 0.875. The van der Waals surface area contributed by atoms with Crippen LogP contribution in [-0.2, 0) is 0 Å². The van der Waals surface area contributed by atoms with E-state index in [1.165, 1.54) is 0 Å². The highest BCUT2D eigenvalue weighted by Gasteiger charge is 2.40. The van der Waals surface area contributed by atoms with E-state index in [2.05, 4.69) is 46.5 Å². The molecule has 0 aromatic rings. The van der Waals surface area contributed by atoms with Crippen LogP contribution in [0.2, 0.25) is 0 Å². The van der Waals surface area contributed by atoms with E-state index in [4.69, 9.17) is 0 Å². The van der Waals surface area contributed by atoms with Gasteiger partial charge in [-0.05, 0) is 43.9 Å². The highest BCUT2D eigenvalue weighted by molar-refractivity contribution is 5.09. The van der Waals surface area contributed by atoms with Crippen LogP contribution >= 0.6 is 0 Å². The molecule has 1 rings (SSSR count). The Balaban J connectivity index is 2.60. The molecule has 1 unspecified atom stereocenters. The monoisotopic (exact) mass is 236 g/mol. The average molecular weight is 236 g/mol. The van der Waals surface area contributed by atoms with Crippen molar-refractivity contribution in [3.63, 3.8) is 0 Å². The molecule has 1 nitrogen and oxygen atoms in total. The van der Waals surface area contributed by atoms with Gasteiger partial charge in [-0.2, -0.15) is 0 Å². The van der Waals surface area contributed by atoms with Gasteiger partial charge in [-0.15, -0.1) is 5.92 Å². The van der Waals surface area contributed by atoms with Crippen LogP contribution in [0.5, 0.6) is 0 Å². The SMILES string of the molecule is CCC#CC(C)C1(O)CCC(C(C)(C)C)CC1. The van der Waals surface area contributed by atoms with Crippen LogP contribution in [-0.4, -0.2) is 10.7 Å². The zero-order valence-corrected chi connectivity index (χ0v) is 12.1. The molecule has 0 spiro atoms. The van der Waals surface area contributed by atoms with Gasteiger partial charge in [0.1, 0.15) is 0 Å². The van der Waals surface area contributed by atoms with E-state index in [1.54, 1.807) is 0 Å². The summed E-state index contributed by atoms with van der Waals surface area (Å²) in [5, 5.41) is 10.6. The first-order valence-corrected chi connectivity index (χ1v) is 7.00. The van der Waals surface area contributed by atoms with Crippen LogP contribution in [0, 0.1) is 29.1 Å². The van der Waals surface area contributed by atoms with Gasteiger partial charge in [0.15, 0.2) is 0 Å². The summed E-state index contributed by atoms with van der Waals surface area (Å²) in [7, 11) is 0. The van der Waals surface area contributed by atoms with Crippen molar-refractivity contribution in [2.75, 3.05) is 0 Å². The van der Waals surface area contributed by atoms with Crippen molar-refractivity contribution in [3.8, 4) is 11.8 Å². The molecule has 17 heavy (non-hydrogen) atoms. The zero-order valence-electron chi connectivity index (χ0n) is 12.1. The van der Waals surface area contributed by atoms with E-state index in [0.29, 0.717) is 5.41 Å². The van der Waals surface area contributed by atoms with E-state index in [1.807, 2.05) is 0 Å². The molecule has 0 aromatic heterocycles.